The second-order valence-corrected chi connectivity index (χ2v) is 7.35. The normalized spacial score (nSPS) is 10.4. The first-order valence-corrected chi connectivity index (χ1v) is 10.5. The van der Waals surface area contributed by atoms with E-state index in [-0.39, 0.29) is 11.8 Å². The summed E-state index contributed by atoms with van der Waals surface area (Å²) in [7, 11) is 0. The fourth-order valence-electron chi connectivity index (χ4n) is 3.12. The van der Waals surface area contributed by atoms with Gasteiger partial charge in [0.1, 0.15) is 5.75 Å². The van der Waals surface area contributed by atoms with Crippen molar-refractivity contribution in [2.75, 3.05) is 18.5 Å². The zero-order valence-corrected chi connectivity index (χ0v) is 17.8. The number of carbonyl (C=O) groups excluding carboxylic acids is 2. The van der Waals surface area contributed by atoms with Crippen molar-refractivity contribution >= 4 is 17.5 Å². The fourth-order valence-corrected chi connectivity index (χ4v) is 3.12. The van der Waals surface area contributed by atoms with Crippen molar-refractivity contribution in [3.63, 3.8) is 0 Å². The number of anilines is 1. The summed E-state index contributed by atoms with van der Waals surface area (Å²) in [6.45, 7) is 3.01. The highest BCUT2D eigenvalue weighted by Gasteiger charge is 2.12. The lowest BCUT2D eigenvalue weighted by atomic mass is 10.1. The van der Waals surface area contributed by atoms with Crippen LogP contribution in [0.15, 0.2) is 78.9 Å². The van der Waals surface area contributed by atoms with Gasteiger partial charge in [-0.05, 0) is 49.6 Å². The van der Waals surface area contributed by atoms with E-state index in [1.807, 2.05) is 61.5 Å². The molecule has 0 spiro atoms. The molecule has 0 unspecified atom stereocenters. The standard InChI is InChI=1S/C26H28N2O3/c1-20-13-15-22(16-14-20)31-19-7-12-25(29)28-24-11-6-5-10-23(24)26(30)27-18-17-21-8-3-2-4-9-21/h2-6,8-11,13-16H,7,12,17-19H2,1H3,(H,27,30)(H,28,29). The second-order valence-electron chi connectivity index (χ2n) is 7.35. The van der Waals surface area contributed by atoms with Crippen LogP contribution in [-0.4, -0.2) is 25.0 Å². The van der Waals surface area contributed by atoms with Crippen LogP contribution in [0, 0.1) is 6.92 Å². The number of nitrogens with one attached hydrogen (secondary N) is 2. The van der Waals surface area contributed by atoms with Gasteiger partial charge in [-0.3, -0.25) is 9.59 Å². The average Bonchev–Trinajstić information content (AvgIpc) is 2.79. The van der Waals surface area contributed by atoms with E-state index in [2.05, 4.69) is 10.6 Å². The number of aryl methyl sites for hydroxylation is 1. The van der Waals surface area contributed by atoms with Crippen LogP contribution < -0.4 is 15.4 Å². The topological polar surface area (TPSA) is 67.4 Å². The minimum Gasteiger partial charge on any atom is -0.494 e. The van der Waals surface area contributed by atoms with E-state index in [0.29, 0.717) is 37.2 Å². The third kappa shape index (κ3) is 7.30. The molecule has 5 nitrogen and oxygen atoms in total. The molecule has 0 aromatic heterocycles. The van der Waals surface area contributed by atoms with Crippen molar-refractivity contribution in [3.05, 3.63) is 95.6 Å². The summed E-state index contributed by atoms with van der Waals surface area (Å²) in [6, 6.07) is 24.9. The number of para-hydroxylation sites is 1. The predicted octanol–water partition coefficient (Wildman–Crippen LogP) is 4.77. The Labute approximate surface area is 183 Å². The third-order valence-electron chi connectivity index (χ3n) is 4.83. The zero-order chi connectivity index (χ0) is 21.9. The number of carbonyl (C=O) groups is 2. The molecule has 0 saturated heterocycles. The van der Waals surface area contributed by atoms with Crippen molar-refractivity contribution < 1.29 is 14.3 Å². The first-order chi connectivity index (χ1) is 15.1. The molecule has 0 atom stereocenters. The minimum absolute atomic E-state index is 0.142. The minimum atomic E-state index is -0.200. The van der Waals surface area contributed by atoms with Crippen molar-refractivity contribution in [1.82, 2.24) is 5.32 Å². The number of rotatable bonds is 10. The number of hydrogen-bond acceptors (Lipinski definition) is 3. The monoisotopic (exact) mass is 416 g/mol. The van der Waals surface area contributed by atoms with Gasteiger partial charge in [0.25, 0.3) is 5.91 Å². The van der Waals surface area contributed by atoms with E-state index >= 15 is 0 Å². The molecule has 3 rings (SSSR count). The second kappa shape index (κ2) is 11.6. The van der Waals surface area contributed by atoms with Crippen molar-refractivity contribution in [2.45, 2.75) is 26.2 Å². The van der Waals surface area contributed by atoms with Crippen molar-refractivity contribution in [3.8, 4) is 5.75 Å². The van der Waals surface area contributed by atoms with Crippen molar-refractivity contribution in [1.29, 1.82) is 0 Å². The Morgan fingerprint density at radius 2 is 1.58 bits per heavy atom. The predicted molar refractivity (Wildman–Crippen MR) is 123 cm³/mol. The smallest absolute Gasteiger partial charge is 0.253 e. The Morgan fingerprint density at radius 3 is 2.35 bits per heavy atom. The Morgan fingerprint density at radius 1 is 0.871 bits per heavy atom. The molecular weight excluding hydrogens is 388 g/mol. The average molecular weight is 417 g/mol. The van der Waals surface area contributed by atoms with Crippen molar-refractivity contribution in [2.24, 2.45) is 0 Å². The van der Waals surface area contributed by atoms with Crippen LogP contribution in [0.3, 0.4) is 0 Å². The molecule has 2 amide bonds. The van der Waals surface area contributed by atoms with E-state index in [1.165, 1.54) is 5.56 Å². The highest BCUT2D eigenvalue weighted by Crippen LogP contribution is 2.16. The molecule has 0 aliphatic rings. The maximum Gasteiger partial charge on any atom is 0.253 e. The fraction of sp³-hybridized carbons (Fsp3) is 0.231. The van der Waals surface area contributed by atoms with Crippen LogP contribution in [0.25, 0.3) is 0 Å². The van der Waals surface area contributed by atoms with Gasteiger partial charge in [-0.25, -0.2) is 0 Å². The molecule has 160 valence electrons. The Kier molecular flexibility index (Phi) is 8.23. The highest BCUT2D eigenvalue weighted by atomic mass is 16.5. The Bertz CT molecular complexity index is 985. The molecular formula is C26H28N2O3. The molecule has 0 saturated carbocycles. The summed E-state index contributed by atoms with van der Waals surface area (Å²) in [5, 5.41) is 5.78. The van der Waals surface area contributed by atoms with E-state index in [0.717, 1.165) is 17.7 Å². The molecule has 3 aromatic rings. The molecule has 31 heavy (non-hydrogen) atoms. The number of hydrogen-bond donors (Lipinski definition) is 2. The highest BCUT2D eigenvalue weighted by molar-refractivity contribution is 6.03. The number of amides is 2. The summed E-state index contributed by atoms with van der Waals surface area (Å²) in [5.74, 6) is 0.454. The van der Waals surface area contributed by atoms with Gasteiger partial charge >= 0.3 is 0 Å². The Balaban J connectivity index is 1.44. The molecule has 0 aliphatic carbocycles. The van der Waals surface area contributed by atoms with Gasteiger partial charge < -0.3 is 15.4 Å². The van der Waals surface area contributed by atoms with Gasteiger partial charge in [-0.15, -0.1) is 0 Å². The van der Waals surface area contributed by atoms with Crippen LogP contribution >= 0.6 is 0 Å². The van der Waals surface area contributed by atoms with Gasteiger partial charge in [0.2, 0.25) is 5.91 Å². The van der Waals surface area contributed by atoms with Crippen LogP contribution in [0.1, 0.15) is 34.3 Å². The maximum atomic E-state index is 12.6. The van der Waals surface area contributed by atoms with Crippen LogP contribution in [0.5, 0.6) is 5.75 Å². The molecule has 0 aliphatic heterocycles. The largest absolute Gasteiger partial charge is 0.494 e. The zero-order valence-electron chi connectivity index (χ0n) is 17.8. The van der Waals surface area contributed by atoms with Crippen LogP contribution in [0.2, 0.25) is 0 Å². The molecule has 0 bridgehead atoms. The first-order valence-electron chi connectivity index (χ1n) is 10.5. The van der Waals surface area contributed by atoms with Crippen LogP contribution in [-0.2, 0) is 11.2 Å². The molecule has 5 heteroatoms. The van der Waals surface area contributed by atoms with Gasteiger partial charge in [0.05, 0.1) is 17.9 Å². The molecule has 0 heterocycles. The molecule has 0 radical (unpaired) electrons. The summed E-state index contributed by atoms with van der Waals surface area (Å²) in [5.41, 5.74) is 3.32. The van der Waals surface area contributed by atoms with Gasteiger partial charge in [-0.1, -0.05) is 60.2 Å². The first kappa shape index (κ1) is 22.1. The SMILES string of the molecule is Cc1ccc(OCCCC(=O)Nc2ccccc2C(=O)NCCc2ccccc2)cc1. The van der Waals surface area contributed by atoms with E-state index in [1.54, 1.807) is 24.3 Å². The molecule has 3 aromatic carbocycles. The van der Waals surface area contributed by atoms with Gasteiger partial charge in [-0.2, -0.15) is 0 Å². The molecule has 0 fully saturated rings. The van der Waals surface area contributed by atoms with Gasteiger partial charge in [0.15, 0.2) is 0 Å². The number of benzene rings is 3. The third-order valence-corrected chi connectivity index (χ3v) is 4.83. The van der Waals surface area contributed by atoms with E-state index < -0.39 is 0 Å². The summed E-state index contributed by atoms with van der Waals surface area (Å²) in [4.78, 5) is 24.9. The lowest BCUT2D eigenvalue weighted by Crippen LogP contribution is -2.27. The maximum absolute atomic E-state index is 12.6. The van der Waals surface area contributed by atoms with E-state index in [4.69, 9.17) is 4.74 Å². The van der Waals surface area contributed by atoms with Crippen LogP contribution in [0.4, 0.5) is 5.69 Å². The van der Waals surface area contributed by atoms with E-state index in [9.17, 15) is 9.59 Å². The summed E-state index contributed by atoms with van der Waals surface area (Å²) < 4.78 is 5.66. The quantitative estimate of drug-likeness (QED) is 0.468. The summed E-state index contributed by atoms with van der Waals surface area (Å²) >= 11 is 0. The number of ether oxygens (including phenoxy) is 1. The molecule has 2 N–H and O–H groups in total. The van der Waals surface area contributed by atoms with Gasteiger partial charge in [0, 0.05) is 13.0 Å². The lowest BCUT2D eigenvalue weighted by Gasteiger charge is -2.12. The Hall–Kier alpha value is -3.60. The summed E-state index contributed by atoms with van der Waals surface area (Å²) in [6.07, 6.45) is 1.66. The lowest BCUT2D eigenvalue weighted by molar-refractivity contribution is -0.116.